The Labute approximate surface area is 103 Å². The molecular weight excluding hydrogens is 236 g/mol. The Morgan fingerprint density at radius 1 is 1.12 bits per heavy atom. The summed E-state index contributed by atoms with van der Waals surface area (Å²) in [6.45, 7) is 4.05. The lowest BCUT2D eigenvalue weighted by molar-refractivity contribution is 0.515. The van der Waals surface area contributed by atoms with E-state index in [4.69, 9.17) is 0 Å². The highest BCUT2D eigenvalue weighted by molar-refractivity contribution is 7.89. The molecule has 0 heterocycles. The predicted molar refractivity (Wildman–Crippen MR) is 69.6 cm³/mol. The summed E-state index contributed by atoms with van der Waals surface area (Å²) in [6, 6.07) is 7.32. The minimum absolute atomic E-state index is 0.124. The van der Waals surface area contributed by atoms with Crippen molar-refractivity contribution in [1.29, 1.82) is 0 Å². The molecule has 0 fully saturated rings. The molecular formula is C12H20N2O2S. The highest BCUT2D eigenvalue weighted by atomic mass is 32.2. The van der Waals surface area contributed by atoms with Gasteiger partial charge in [0.15, 0.2) is 0 Å². The van der Waals surface area contributed by atoms with E-state index < -0.39 is 10.0 Å². The summed E-state index contributed by atoms with van der Waals surface area (Å²) in [4.78, 5) is 0.358. The van der Waals surface area contributed by atoms with Crippen LogP contribution in [0.5, 0.6) is 0 Å². The highest BCUT2D eigenvalue weighted by Crippen LogP contribution is 2.25. The SMILES string of the molecule is CNC(C)C(C)c1ccccc1S(=O)(=O)NC. The van der Waals surface area contributed by atoms with Crippen LogP contribution in [0.4, 0.5) is 0 Å². The predicted octanol–water partition coefficient (Wildman–Crippen LogP) is 1.31. The number of hydrogen-bond donors (Lipinski definition) is 2. The molecule has 96 valence electrons. The van der Waals surface area contributed by atoms with Crippen LogP contribution in [-0.2, 0) is 10.0 Å². The Morgan fingerprint density at radius 2 is 1.71 bits per heavy atom. The van der Waals surface area contributed by atoms with Crippen LogP contribution in [0.2, 0.25) is 0 Å². The van der Waals surface area contributed by atoms with Crippen LogP contribution < -0.4 is 10.0 Å². The lowest BCUT2D eigenvalue weighted by atomic mass is 9.94. The van der Waals surface area contributed by atoms with Gasteiger partial charge in [-0.1, -0.05) is 25.1 Å². The lowest BCUT2D eigenvalue weighted by Crippen LogP contribution is -2.29. The van der Waals surface area contributed by atoms with Gasteiger partial charge in [-0.2, -0.15) is 0 Å². The van der Waals surface area contributed by atoms with E-state index in [9.17, 15) is 8.42 Å². The molecule has 2 atom stereocenters. The van der Waals surface area contributed by atoms with Crippen LogP contribution in [0.1, 0.15) is 25.3 Å². The standard InChI is InChI=1S/C12H20N2O2S/c1-9(10(2)13-3)11-7-5-6-8-12(11)17(15,16)14-4/h5-10,13-14H,1-4H3. The van der Waals surface area contributed by atoms with Crippen molar-refractivity contribution in [3.8, 4) is 0 Å². The van der Waals surface area contributed by atoms with Crippen molar-refractivity contribution < 1.29 is 8.42 Å². The molecule has 0 bridgehead atoms. The van der Waals surface area contributed by atoms with Gasteiger partial charge >= 0.3 is 0 Å². The molecule has 0 amide bonds. The fourth-order valence-corrected chi connectivity index (χ4v) is 2.77. The van der Waals surface area contributed by atoms with E-state index >= 15 is 0 Å². The molecule has 0 radical (unpaired) electrons. The Morgan fingerprint density at radius 3 is 2.24 bits per heavy atom. The van der Waals surface area contributed by atoms with Crippen molar-refractivity contribution >= 4 is 10.0 Å². The van der Waals surface area contributed by atoms with Gasteiger partial charge in [0.25, 0.3) is 0 Å². The summed E-state index contributed by atoms with van der Waals surface area (Å²) in [5.74, 6) is 0.124. The summed E-state index contributed by atoms with van der Waals surface area (Å²) in [5.41, 5.74) is 0.837. The van der Waals surface area contributed by atoms with Gasteiger partial charge in [-0.3, -0.25) is 0 Å². The van der Waals surface area contributed by atoms with Crippen LogP contribution in [-0.4, -0.2) is 28.6 Å². The fraction of sp³-hybridized carbons (Fsp3) is 0.500. The third-order valence-electron chi connectivity index (χ3n) is 3.17. The zero-order chi connectivity index (χ0) is 13.1. The Hall–Kier alpha value is -0.910. The van der Waals surface area contributed by atoms with Gasteiger partial charge in [-0.15, -0.1) is 0 Å². The lowest BCUT2D eigenvalue weighted by Gasteiger charge is -2.22. The first-order chi connectivity index (χ1) is 7.94. The van der Waals surface area contributed by atoms with Crippen LogP contribution in [0, 0.1) is 0 Å². The van der Waals surface area contributed by atoms with E-state index in [1.54, 1.807) is 12.1 Å². The molecule has 4 nitrogen and oxygen atoms in total. The number of nitrogens with one attached hydrogen (secondary N) is 2. The van der Waals surface area contributed by atoms with Gasteiger partial charge in [0.2, 0.25) is 10.0 Å². The Balaban J connectivity index is 3.26. The first-order valence-electron chi connectivity index (χ1n) is 5.63. The molecule has 0 saturated carbocycles. The smallest absolute Gasteiger partial charge is 0.240 e. The largest absolute Gasteiger partial charge is 0.317 e. The summed E-state index contributed by atoms with van der Waals surface area (Å²) >= 11 is 0. The minimum Gasteiger partial charge on any atom is -0.317 e. The molecule has 0 aromatic heterocycles. The summed E-state index contributed by atoms with van der Waals surface area (Å²) in [6.07, 6.45) is 0. The van der Waals surface area contributed by atoms with E-state index in [0.717, 1.165) is 5.56 Å². The van der Waals surface area contributed by atoms with Gasteiger partial charge in [-0.05, 0) is 38.6 Å². The third kappa shape index (κ3) is 3.06. The van der Waals surface area contributed by atoms with Crippen molar-refractivity contribution in [3.05, 3.63) is 29.8 Å². The zero-order valence-electron chi connectivity index (χ0n) is 10.7. The van der Waals surface area contributed by atoms with E-state index in [-0.39, 0.29) is 12.0 Å². The Kier molecular flexibility index (Phi) is 4.68. The summed E-state index contributed by atoms with van der Waals surface area (Å²) < 4.78 is 26.2. The monoisotopic (exact) mass is 256 g/mol. The average molecular weight is 256 g/mol. The van der Waals surface area contributed by atoms with Crippen LogP contribution in [0.3, 0.4) is 0 Å². The molecule has 0 aliphatic heterocycles. The molecule has 0 aliphatic carbocycles. The summed E-state index contributed by atoms with van der Waals surface area (Å²) in [7, 11) is -0.0932. The zero-order valence-corrected chi connectivity index (χ0v) is 11.5. The summed E-state index contributed by atoms with van der Waals surface area (Å²) in [5, 5.41) is 3.14. The number of hydrogen-bond acceptors (Lipinski definition) is 3. The maximum absolute atomic E-state index is 11.9. The maximum Gasteiger partial charge on any atom is 0.240 e. The van der Waals surface area contributed by atoms with Gasteiger partial charge in [0.1, 0.15) is 0 Å². The van der Waals surface area contributed by atoms with Gasteiger partial charge in [0, 0.05) is 6.04 Å². The molecule has 1 rings (SSSR count). The number of rotatable bonds is 5. The first-order valence-corrected chi connectivity index (χ1v) is 7.12. The molecule has 0 spiro atoms. The second-order valence-electron chi connectivity index (χ2n) is 4.11. The fourth-order valence-electron chi connectivity index (χ4n) is 1.73. The molecule has 5 heteroatoms. The van der Waals surface area contributed by atoms with Crippen LogP contribution in [0.25, 0.3) is 0 Å². The first kappa shape index (κ1) is 14.2. The molecule has 2 N–H and O–H groups in total. The van der Waals surface area contributed by atoms with E-state index in [2.05, 4.69) is 10.0 Å². The van der Waals surface area contributed by atoms with Crippen molar-refractivity contribution in [2.75, 3.05) is 14.1 Å². The number of sulfonamides is 1. The van der Waals surface area contributed by atoms with Crippen molar-refractivity contribution in [2.24, 2.45) is 0 Å². The topological polar surface area (TPSA) is 58.2 Å². The second kappa shape index (κ2) is 5.62. The number of likely N-dealkylation sites (N-methyl/N-ethyl adjacent to an activating group) is 1. The van der Waals surface area contributed by atoms with Crippen molar-refractivity contribution in [1.82, 2.24) is 10.0 Å². The normalized spacial score (nSPS) is 15.5. The highest BCUT2D eigenvalue weighted by Gasteiger charge is 2.22. The van der Waals surface area contributed by atoms with E-state index in [1.165, 1.54) is 7.05 Å². The molecule has 1 aromatic carbocycles. The van der Waals surface area contributed by atoms with Crippen molar-refractivity contribution in [2.45, 2.75) is 30.7 Å². The van der Waals surface area contributed by atoms with Gasteiger partial charge in [0.05, 0.1) is 4.90 Å². The maximum atomic E-state index is 11.9. The van der Waals surface area contributed by atoms with Crippen LogP contribution in [0.15, 0.2) is 29.2 Å². The van der Waals surface area contributed by atoms with Crippen molar-refractivity contribution in [3.63, 3.8) is 0 Å². The second-order valence-corrected chi connectivity index (χ2v) is 5.97. The van der Waals surface area contributed by atoms with Gasteiger partial charge < -0.3 is 5.32 Å². The molecule has 0 aliphatic rings. The molecule has 17 heavy (non-hydrogen) atoms. The average Bonchev–Trinajstić information content (AvgIpc) is 2.36. The molecule has 2 unspecified atom stereocenters. The van der Waals surface area contributed by atoms with Gasteiger partial charge in [-0.25, -0.2) is 13.1 Å². The van der Waals surface area contributed by atoms with Crippen LogP contribution >= 0.6 is 0 Å². The molecule has 1 aromatic rings. The molecule has 0 saturated heterocycles. The van der Waals surface area contributed by atoms with E-state index in [1.807, 2.05) is 33.0 Å². The minimum atomic E-state index is -3.39. The third-order valence-corrected chi connectivity index (χ3v) is 4.66. The number of benzene rings is 1. The quantitative estimate of drug-likeness (QED) is 0.835. The Bertz CT molecular complexity index is 471. The van der Waals surface area contributed by atoms with E-state index in [0.29, 0.717) is 4.90 Å².